The highest BCUT2D eigenvalue weighted by Gasteiger charge is 2.17. The number of unbranched alkanes of at least 4 members (excludes halogenated alkanes) is 1. The van der Waals surface area contributed by atoms with Crippen molar-refractivity contribution < 1.29 is 0 Å². The van der Waals surface area contributed by atoms with Crippen molar-refractivity contribution in [1.82, 2.24) is 5.32 Å². The second kappa shape index (κ2) is 11.4. The number of nitrogens with one attached hydrogen (secondary N) is 1. The fraction of sp³-hybridized carbons (Fsp3) is 0.895. The molecule has 0 aromatic carbocycles. The van der Waals surface area contributed by atoms with Gasteiger partial charge in [0.2, 0.25) is 0 Å². The lowest BCUT2D eigenvalue weighted by Crippen LogP contribution is -2.32. The summed E-state index contributed by atoms with van der Waals surface area (Å²) in [6.45, 7) is 8.14. The molecule has 0 radical (unpaired) electrons. The molecule has 2 unspecified atom stereocenters. The lowest BCUT2D eigenvalue weighted by molar-refractivity contribution is 0.344. The van der Waals surface area contributed by atoms with E-state index in [1.807, 2.05) is 0 Å². The van der Waals surface area contributed by atoms with Crippen molar-refractivity contribution in [3.8, 4) is 0 Å². The summed E-state index contributed by atoms with van der Waals surface area (Å²) in [6, 6.07) is 0.723. The van der Waals surface area contributed by atoms with Gasteiger partial charge in [-0.2, -0.15) is 0 Å². The van der Waals surface area contributed by atoms with E-state index in [-0.39, 0.29) is 0 Å². The van der Waals surface area contributed by atoms with Crippen molar-refractivity contribution in [1.29, 1.82) is 0 Å². The summed E-state index contributed by atoms with van der Waals surface area (Å²) >= 11 is 0. The Morgan fingerprint density at radius 3 is 2.60 bits per heavy atom. The Balaban J connectivity index is 2.46. The van der Waals surface area contributed by atoms with E-state index in [0.717, 1.165) is 12.0 Å². The minimum Gasteiger partial charge on any atom is -0.314 e. The van der Waals surface area contributed by atoms with Crippen LogP contribution in [0.3, 0.4) is 0 Å². The van der Waals surface area contributed by atoms with Gasteiger partial charge in [-0.1, -0.05) is 58.1 Å². The van der Waals surface area contributed by atoms with Crippen LogP contribution in [0.15, 0.2) is 11.6 Å². The molecule has 0 saturated carbocycles. The highest BCUT2D eigenvalue weighted by Crippen LogP contribution is 2.26. The van der Waals surface area contributed by atoms with Crippen LogP contribution in [0.1, 0.15) is 91.4 Å². The van der Waals surface area contributed by atoms with Gasteiger partial charge in [-0.05, 0) is 57.4 Å². The third-order valence-electron chi connectivity index (χ3n) is 4.74. The van der Waals surface area contributed by atoms with E-state index in [9.17, 15) is 0 Å². The van der Waals surface area contributed by atoms with Gasteiger partial charge in [-0.3, -0.25) is 0 Å². The van der Waals surface area contributed by atoms with E-state index < -0.39 is 0 Å². The molecule has 0 saturated heterocycles. The zero-order valence-electron chi connectivity index (χ0n) is 14.2. The first-order valence-corrected chi connectivity index (χ1v) is 9.21. The van der Waals surface area contributed by atoms with Crippen LogP contribution in [0.4, 0.5) is 0 Å². The third kappa shape index (κ3) is 7.47. The lowest BCUT2D eigenvalue weighted by atomic mass is 9.87. The Morgan fingerprint density at radius 2 is 2.00 bits per heavy atom. The van der Waals surface area contributed by atoms with Gasteiger partial charge in [-0.15, -0.1) is 0 Å². The number of hydrogen-bond donors (Lipinski definition) is 1. The van der Waals surface area contributed by atoms with Crippen molar-refractivity contribution in [2.24, 2.45) is 5.92 Å². The summed E-state index contributed by atoms with van der Waals surface area (Å²) in [5, 5.41) is 3.82. The maximum absolute atomic E-state index is 3.82. The first-order chi connectivity index (χ1) is 9.80. The fourth-order valence-corrected chi connectivity index (χ4v) is 3.38. The standard InChI is InChI=1S/C19H37N/c1-4-7-11-17(6-3)15-19(20-14-5-2)16-18-12-9-8-10-13-18/h12,17,19-20H,4-11,13-16H2,1-3H3. The molecule has 0 amide bonds. The summed E-state index contributed by atoms with van der Waals surface area (Å²) in [5.74, 6) is 0.925. The van der Waals surface area contributed by atoms with E-state index >= 15 is 0 Å². The zero-order chi connectivity index (χ0) is 14.6. The fourth-order valence-electron chi connectivity index (χ4n) is 3.38. The third-order valence-corrected chi connectivity index (χ3v) is 4.74. The Kier molecular flexibility index (Phi) is 10.1. The smallest absolute Gasteiger partial charge is 0.0107 e. The second-order valence-corrected chi connectivity index (χ2v) is 6.62. The van der Waals surface area contributed by atoms with Crippen molar-refractivity contribution in [3.05, 3.63) is 11.6 Å². The summed E-state index contributed by atoms with van der Waals surface area (Å²) in [5.41, 5.74) is 1.73. The van der Waals surface area contributed by atoms with Crippen LogP contribution in [0.2, 0.25) is 0 Å². The van der Waals surface area contributed by atoms with Gasteiger partial charge in [0, 0.05) is 6.04 Å². The van der Waals surface area contributed by atoms with Crippen LogP contribution in [0.25, 0.3) is 0 Å². The number of allylic oxidation sites excluding steroid dienone is 1. The molecule has 0 aliphatic heterocycles. The van der Waals surface area contributed by atoms with Crippen LogP contribution >= 0.6 is 0 Å². The molecule has 1 rings (SSSR count). The molecule has 1 nitrogen and oxygen atoms in total. The van der Waals surface area contributed by atoms with Gasteiger partial charge < -0.3 is 5.32 Å². The Bertz CT molecular complexity index is 256. The molecule has 2 atom stereocenters. The van der Waals surface area contributed by atoms with Gasteiger partial charge in [0.1, 0.15) is 0 Å². The molecule has 20 heavy (non-hydrogen) atoms. The molecule has 0 spiro atoms. The van der Waals surface area contributed by atoms with E-state index in [1.165, 1.54) is 77.2 Å². The van der Waals surface area contributed by atoms with Gasteiger partial charge in [0.25, 0.3) is 0 Å². The predicted octanol–water partition coefficient (Wildman–Crippen LogP) is 5.85. The van der Waals surface area contributed by atoms with Crippen LogP contribution in [-0.2, 0) is 0 Å². The molecule has 118 valence electrons. The second-order valence-electron chi connectivity index (χ2n) is 6.62. The topological polar surface area (TPSA) is 12.0 Å². The largest absolute Gasteiger partial charge is 0.314 e. The highest BCUT2D eigenvalue weighted by molar-refractivity contribution is 5.07. The molecule has 0 fully saturated rings. The molecule has 0 aromatic rings. The first-order valence-electron chi connectivity index (χ1n) is 9.21. The van der Waals surface area contributed by atoms with Crippen LogP contribution in [0, 0.1) is 5.92 Å². The molecule has 0 bridgehead atoms. The SMILES string of the molecule is CCCCC(CC)CC(CC1=CCCCC1)NCCC. The maximum atomic E-state index is 3.82. The number of hydrogen-bond acceptors (Lipinski definition) is 1. The molecule has 1 heteroatoms. The van der Waals surface area contributed by atoms with Gasteiger partial charge >= 0.3 is 0 Å². The quantitative estimate of drug-likeness (QED) is 0.468. The first kappa shape index (κ1) is 17.8. The van der Waals surface area contributed by atoms with Crippen LogP contribution < -0.4 is 5.32 Å². The average molecular weight is 280 g/mol. The van der Waals surface area contributed by atoms with E-state index in [1.54, 1.807) is 5.57 Å². The maximum Gasteiger partial charge on any atom is 0.0107 e. The molecule has 1 aliphatic rings. The predicted molar refractivity (Wildman–Crippen MR) is 91.2 cm³/mol. The lowest BCUT2D eigenvalue weighted by Gasteiger charge is -2.26. The highest BCUT2D eigenvalue weighted by atomic mass is 14.9. The Labute approximate surface area is 127 Å². The summed E-state index contributed by atoms with van der Waals surface area (Å²) in [6.07, 6.45) is 17.5. The van der Waals surface area contributed by atoms with Gasteiger partial charge in [-0.25, -0.2) is 0 Å². The molecule has 0 heterocycles. The van der Waals surface area contributed by atoms with Crippen molar-refractivity contribution >= 4 is 0 Å². The molecule has 1 aliphatic carbocycles. The molecule has 1 N–H and O–H groups in total. The van der Waals surface area contributed by atoms with Crippen molar-refractivity contribution in [2.45, 2.75) is 97.4 Å². The molecular weight excluding hydrogens is 242 g/mol. The van der Waals surface area contributed by atoms with Crippen LogP contribution in [-0.4, -0.2) is 12.6 Å². The minimum absolute atomic E-state index is 0.723. The Morgan fingerprint density at radius 1 is 1.15 bits per heavy atom. The normalized spacial score (nSPS) is 18.6. The Hall–Kier alpha value is -0.300. The summed E-state index contributed by atoms with van der Waals surface area (Å²) < 4.78 is 0. The summed E-state index contributed by atoms with van der Waals surface area (Å²) in [4.78, 5) is 0. The zero-order valence-corrected chi connectivity index (χ0v) is 14.2. The van der Waals surface area contributed by atoms with Crippen LogP contribution in [0.5, 0.6) is 0 Å². The minimum atomic E-state index is 0.723. The van der Waals surface area contributed by atoms with Crippen molar-refractivity contribution in [3.63, 3.8) is 0 Å². The van der Waals surface area contributed by atoms with E-state index in [2.05, 4.69) is 32.2 Å². The average Bonchev–Trinajstić information content (AvgIpc) is 2.49. The molecule has 0 aromatic heterocycles. The van der Waals surface area contributed by atoms with Gasteiger partial charge in [0.15, 0.2) is 0 Å². The monoisotopic (exact) mass is 279 g/mol. The van der Waals surface area contributed by atoms with Gasteiger partial charge in [0.05, 0.1) is 0 Å². The van der Waals surface area contributed by atoms with Crippen molar-refractivity contribution in [2.75, 3.05) is 6.54 Å². The van der Waals surface area contributed by atoms with E-state index in [0.29, 0.717) is 0 Å². The molecular formula is C19H37N. The van der Waals surface area contributed by atoms with E-state index in [4.69, 9.17) is 0 Å². The summed E-state index contributed by atoms with van der Waals surface area (Å²) in [7, 11) is 0. The number of rotatable bonds is 11.